The monoisotopic (exact) mass is 351 g/mol. The lowest BCUT2D eigenvalue weighted by atomic mass is 9.93. The molecule has 2 fully saturated rings. The van der Waals surface area contributed by atoms with Gasteiger partial charge in [0, 0.05) is 37.8 Å². The number of carbonyl (C=O) groups is 1. The first-order valence-electron chi connectivity index (χ1n) is 9.11. The van der Waals surface area contributed by atoms with Crippen molar-refractivity contribution in [3.8, 4) is 0 Å². The van der Waals surface area contributed by atoms with Crippen molar-refractivity contribution in [2.75, 3.05) is 31.6 Å². The number of hydrogen-bond acceptors (Lipinski definition) is 6. The first-order valence-corrected chi connectivity index (χ1v) is 9.11. The lowest BCUT2D eigenvalue weighted by Gasteiger charge is -2.30. The normalized spacial score (nSPS) is 26.1. The molecular weight excluding hydrogens is 322 g/mol. The van der Waals surface area contributed by atoms with Crippen LogP contribution in [0.4, 0.5) is 5.82 Å². The number of nitrogens with zero attached hydrogens (tertiary/aromatic N) is 2. The SMILES string of the molecule is CC(C)(C)c1cc(NC(=O)[C@@H]2C[C@@H](O)CN2CC2CCOCC2)no1. The van der Waals surface area contributed by atoms with Gasteiger partial charge in [-0.25, -0.2) is 0 Å². The summed E-state index contributed by atoms with van der Waals surface area (Å²) in [6.45, 7) is 9.02. The summed E-state index contributed by atoms with van der Waals surface area (Å²) in [7, 11) is 0. The third-order valence-corrected chi connectivity index (χ3v) is 5.02. The Morgan fingerprint density at radius 1 is 1.40 bits per heavy atom. The Balaban J connectivity index is 1.61. The van der Waals surface area contributed by atoms with Crippen LogP contribution in [-0.2, 0) is 14.9 Å². The van der Waals surface area contributed by atoms with Gasteiger partial charge in [-0.1, -0.05) is 25.9 Å². The first kappa shape index (κ1) is 18.4. The number of likely N-dealkylation sites (tertiary alicyclic amines) is 1. The number of aliphatic hydroxyl groups excluding tert-OH is 1. The van der Waals surface area contributed by atoms with Crippen molar-refractivity contribution in [1.29, 1.82) is 0 Å². The molecule has 0 bridgehead atoms. The highest BCUT2D eigenvalue weighted by Gasteiger charge is 2.37. The number of nitrogens with one attached hydrogen (secondary N) is 1. The average Bonchev–Trinajstić information content (AvgIpc) is 3.15. The molecule has 0 spiro atoms. The molecule has 2 N–H and O–H groups in total. The molecule has 0 aromatic carbocycles. The van der Waals surface area contributed by atoms with Gasteiger partial charge in [0.2, 0.25) is 5.91 Å². The van der Waals surface area contributed by atoms with Crippen molar-refractivity contribution in [3.05, 3.63) is 11.8 Å². The Morgan fingerprint density at radius 3 is 2.76 bits per heavy atom. The number of aliphatic hydroxyl groups is 1. The van der Waals surface area contributed by atoms with Crippen LogP contribution in [0.5, 0.6) is 0 Å². The van der Waals surface area contributed by atoms with Crippen molar-refractivity contribution in [1.82, 2.24) is 10.1 Å². The molecular formula is C18H29N3O4. The molecule has 140 valence electrons. The maximum atomic E-state index is 12.7. The van der Waals surface area contributed by atoms with Crippen LogP contribution in [0, 0.1) is 5.92 Å². The highest BCUT2D eigenvalue weighted by atomic mass is 16.5. The minimum absolute atomic E-state index is 0.127. The number of hydrogen-bond donors (Lipinski definition) is 2. The van der Waals surface area contributed by atoms with Crippen molar-refractivity contribution in [2.24, 2.45) is 5.92 Å². The van der Waals surface area contributed by atoms with Crippen LogP contribution in [0.1, 0.15) is 45.8 Å². The van der Waals surface area contributed by atoms with E-state index in [0.29, 0.717) is 24.7 Å². The second-order valence-electron chi connectivity index (χ2n) is 8.23. The number of rotatable bonds is 4. The summed E-state index contributed by atoms with van der Waals surface area (Å²) in [4.78, 5) is 14.8. The van der Waals surface area contributed by atoms with Crippen LogP contribution >= 0.6 is 0 Å². The first-order chi connectivity index (χ1) is 11.8. The molecule has 3 rings (SSSR count). The summed E-state index contributed by atoms with van der Waals surface area (Å²) in [5.74, 6) is 1.56. The van der Waals surface area contributed by atoms with E-state index in [1.165, 1.54) is 0 Å². The third-order valence-electron chi connectivity index (χ3n) is 5.02. The van der Waals surface area contributed by atoms with E-state index in [0.717, 1.165) is 38.4 Å². The second-order valence-corrected chi connectivity index (χ2v) is 8.23. The van der Waals surface area contributed by atoms with E-state index in [-0.39, 0.29) is 17.4 Å². The van der Waals surface area contributed by atoms with Crippen molar-refractivity contribution >= 4 is 11.7 Å². The fraction of sp³-hybridized carbons (Fsp3) is 0.778. The highest BCUT2D eigenvalue weighted by Crippen LogP contribution is 2.26. The predicted octanol–water partition coefficient (Wildman–Crippen LogP) is 1.77. The molecule has 2 saturated heterocycles. The zero-order valence-corrected chi connectivity index (χ0v) is 15.3. The maximum absolute atomic E-state index is 12.7. The topological polar surface area (TPSA) is 87.8 Å². The molecule has 1 aromatic heterocycles. The zero-order chi connectivity index (χ0) is 18.0. The molecule has 0 unspecified atom stereocenters. The van der Waals surface area contributed by atoms with Crippen molar-refractivity contribution in [2.45, 2.75) is 57.6 Å². The predicted molar refractivity (Wildman–Crippen MR) is 93.4 cm³/mol. The largest absolute Gasteiger partial charge is 0.392 e. The molecule has 7 heteroatoms. The number of amides is 1. The summed E-state index contributed by atoms with van der Waals surface area (Å²) in [6.07, 6.45) is 2.02. The smallest absolute Gasteiger partial charge is 0.243 e. The Bertz CT molecular complexity index is 589. The van der Waals surface area contributed by atoms with Gasteiger partial charge in [-0.15, -0.1) is 0 Å². The van der Waals surface area contributed by atoms with E-state index in [1.54, 1.807) is 6.07 Å². The van der Waals surface area contributed by atoms with Gasteiger partial charge >= 0.3 is 0 Å². The average molecular weight is 351 g/mol. The molecule has 0 radical (unpaired) electrons. The Kier molecular flexibility index (Phi) is 5.46. The summed E-state index contributed by atoms with van der Waals surface area (Å²) in [5.41, 5.74) is -0.158. The summed E-state index contributed by atoms with van der Waals surface area (Å²) < 4.78 is 10.7. The van der Waals surface area contributed by atoms with Crippen LogP contribution in [0.25, 0.3) is 0 Å². The van der Waals surface area contributed by atoms with Crippen LogP contribution in [0.15, 0.2) is 10.6 Å². The fourth-order valence-corrected chi connectivity index (χ4v) is 3.51. The quantitative estimate of drug-likeness (QED) is 0.860. The molecule has 25 heavy (non-hydrogen) atoms. The van der Waals surface area contributed by atoms with E-state index in [9.17, 15) is 9.90 Å². The van der Waals surface area contributed by atoms with Gasteiger partial charge in [0.15, 0.2) is 5.82 Å². The number of aromatic nitrogens is 1. The van der Waals surface area contributed by atoms with Gasteiger partial charge < -0.3 is 19.7 Å². The Hall–Kier alpha value is -1.44. The molecule has 1 amide bonds. The van der Waals surface area contributed by atoms with Crippen LogP contribution < -0.4 is 5.32 Å². The summed E-state index contributed by atoms with van der Waals surface area (Å²) in [5, 5.41) is 16.8. The van der Waals surface area contributed by atoms with Crippen LogP contribution in [-0.4, -0.2) is 59.5 Å². The molecule has 2 aliphatic rings. The number of ether oxygens (including phenoxy) is 1. The standard InChI is InChI=1S/C18H29N3O4/c1-18(2,3)15-9-16(20-25-15)19-17(23)14-8-13(22)11-21(14)10-12-4-6-24-7-5-12/h9,12-14,22H,4-8,10-11H2,1-3H3,(H,19,20,23)/t13-,14+/m1/s1. The van der Waals surface area contributed by atoms with Gasteiger partial charge in [-0.05, 0) is 25.2 Å². The summed E-state index contributed by atoms with van der Waals surface area (Å²) >= 11 is 0. The minimum Gasteiger partial charge on any atom is -0.392 e. The zero-order valence-electron chi connectivity index (χ0n) is 15.3. The molecule has 0 saturated carbocycles. The molecule has 2 atom stereocenters. The molecule has 1 aromatic rings. The van der Waals surface area contributed by atoms with E-state index < -0.39 is 6.10 Å². The fourth-order valence-electron chi connectivity index (χ4n) is 3.51. The van der Waals surface area contributed by atoms with E-state index in [2.05, 4.69) is 15.4 Å². The van der Waals surface area contributed by atoms with Gasteiger partial charge in [0.1, 0.15) is 5.76 Å². The van der Waals surface area contributed by atoms with Gasteiger partial charge in [0.05, 0.1) is 12.1 Å². The molecule has 2 aliphatic heterocycles. The van der Waals surface area contributed by atoms with Gasteiger partial charge in [-0.3, -0.25) is 9.69 Å². The van der Waals surface area contributed by atoms with E-state index in [4.69, 9.17) is 9.26 Å². The third kappa shape index (κ3) is 4.59. The molecule has 0 aliphatic carbocycles. The van der Waals surface area contributed by atoms with Gasteiger partial charge in [-0.2, -0.15) is 0 Å². The van der Waals surface area contributed by atoms with E-state index in [1.807, 2.05) is 20.8 Å². The van der Waals surface area contributed by atoms with Crippen molar-refractivity contribution < 1.29 is 19.2 Å². The number of anilines is 1. The highest BCUT2D eigenvalue weighted by molar-refractivity contribution is 5.94. The Labute approximate surface area is 148 Å². The number of β-amino-alcohol motifs (C(OH)–C–C–N with tert-alkyl or cyclic N) is 1. The molecule has 7 nitrogen and oxygen atoms in total. The lowest BCUT2D eigenvalue weighted by Crippen LogP contribution is -2.42. The maximum Gasteiger partial charge on any atom is 0.243 e. The Morgan fingerprint density at radius 2 is 2.12 bits per heavy atom. The second kappa shape index (κ2) is 7.43. The minimum atomic E-state index is -0.460. The van der Waals surface area contributed by atoms with Gasteiger partial charge in [0.25, 0.3) is 0 Å². The lowest BCUT2D eigenvalue weighted by molar-refractivity contribution is -0.120. The number of carbonyl (C=O) groups excluding carboxylic acids is 1. The van der Waals surface area contributed by atoms with Crippen molar-refractivity contribution in [3.63, 3.8) is 0 Å². The summed E-state index contributed by atoms with van der Waals surface area (Å²) in [6, 6.07) is 1.44. The molecule has 3 heterocycles. The van der Waals surface area contributed by atoms with Crippen LogP contribution in [0.3, 0.4) is 0 Å². The van der Waals surface area contributed by atoms with E-state index >= 15 is 0 Å². The van der Waals surface area contributed by atoms with Crippen LogP contribution in [0.2, 0.25) is 0 Å².